The van der Waals surface area contributed by atoms with Crippen molar-refractivity contribution in [2.24, 2.45) is 0 Å². The van der Waals surface area contributed by atoms with E-state index in [0.717, 1.165) is 6.42 Å². The van der Waals surface area contributed by atoms with Gasteiger partial charge in [0.25, 0.3) is 0 Å². The second kappa shape index (κ2) is 5.41. The first-order valence-electron chi connectivity index (χ1n) is 5.46. The van der Waals surface area contributed by atoms with Crippen LogP contribution in [0.1, 0.15) is 40.0 Å². The number of carbonyl (C=O) groups excluding carboxylic acids is 2. The summed E-state index contributed by atoms with van der Waals surface area (Å²) < 4.78 is 15.5. The van der Waals surface area contributed by atoms with Crippen molar-refractivity contribution in [2.45, 2.75) is 52.1 Å². The average Bonchev–Trinajstić information content (AvgIpc) is 2.45. The number of Topliss-reactive ketones (excluding diaryl/α,β-unsaturated/α-hetero) is 1. The number of carbonyl (C=O) groups is 2. The van der Waals surface area contributed by atoms with Gasteiger partial charge in [-0.25, -0.2) is 0 Å². The van der Waals surface area contributed by atoms with Crippen LogP contribution in [0.25, 0.3) is 0 Å². The van der Waals surface area contributed by atoms with Crippen LogP contribution in [-0.4, -0.2) is 30.4 Å². The fourth-order valence-corrected chi connectivity index (χ4v) is 1.43. The van der Waals surface area contributed by atoms with E-state index in [1.165, 1.54) is 0 Å². The predicted octanol–water partition coefficient (Wildman–Crippen LogP) is 1.40. The van der Waals surface area contributed by atoms with Gasteiger partial charge in [0.15, 0.2) is 5.79 Å². The van der Waals surface area contributed by atoms with E-state index in [9.17, 15) is 9.59 Å². The minimum absolute atomic E-state index is 0.106. The van der Waals surface area contributed by atoms with Crippen LogP contribution in [0.5, 0.6) is 0 Å². The second-order valence-corrected chi connectivity index (χ2v) is 4.21. The quantitative estimate of drug-likeness (QED) is 0.527. The van der Waals surface area contributed by atoms with Crippen molar-refractivity contribution in [2.75, 3.05) is 6.61 Å². The summed E-state index contributed by atoms with van der Waals surface area (Å²) in [6.45, 7) is 5.58. The molecule has 0 spiro atoms. The Hall–Kier alpha value is -0.940. The molecule has 1 saturated heterocycles. The fraction of sp³-hybridized carbons (Fsp3) is 0.818. The molecule has 1 fully saturated rings. The smallest absolute Gasteiger partial charge is 0.315 e. The molecule has 1 aliphatic heterocycles. The molecule has 0 aromatic heterocycles. The van der Waals surface area contributed by atoms with Gasteiger partial charge < -0.3 is 14.2 Å². The van der Waals surface area contributed by atoms with Crippen molar-refractivity contribution in [1.29, 1.82) is 0 Å². The van der Waals surface area contributed by atoms with Gasteiger partial charge in [0, 0.05) is 6.42 Å². The molecule has 0 amide bonds. The van der Waals surface area contributed by atoms with Gasteiger partial charge in [-0.2, -0.15) is 0 Å². The molecule has 1 aliphatic rings. The van der Waals surface area contributed by atoms with Crippen LogP contribution in [0.3, 0.4) is 0 Å². The van der Waals surface area contributed by atoms with E-state index in [1.807, 2.05) is 6.92 Å². The highest BCUT2D eigenvalue weighted by Gasteiger charge is 2.35. The summed E-state index contributed by atoms with van der Waals surface area (Å²) in [6.07, 6.45) is 0.260. The summed E-state index contributed by atoms with van der Waals surface area (Å²) in [4.78, 5) is 22.5. The van der Waals surface area contributed by atoms with Crippen LogP contribution in [-0.2, 0) is 23.8 Å². The van der Waals surface area contributed by atoms with E-state index in [-0.39, 0.29) is 18.8 Å². The molecule has 5 nitrogen and oxygen atoms in total. The van der Waals surface area contributed by atoms with Gasteiger partial charge >= 0.3 is 5.97 Å². The Morgan fingerprint density at radius 3 is 2.62 bits per heavy atom. The molecule has 92 valence electrons. The van der Waals surface area contributed by atoms with Crippen molar-refractivity contribution >= 4 is 11.8 Å². The largest absolute Gasteiger partial charge is 0.433 e. The lowest BCUT2D eigenvalue weighted by Crippen LogP contribution is -2.25. The monoisotopic (exact) mass is 230 g/mol. The van der Waals surface area contributed by atoms with Gasteiger partial charge in [0.2, 0.25) is 6.29 Å². The molecule has 0 aromatic rings. The fourth-order valence-electron chi connectivity index (χ4n) is 1.43. The minimum Gasteiger partial charge on any atom is -0.433 e. The summed E-state index contributed by atoms with van der Waals surface area (Å²) >= 11 is 0. The van der Waals surface area contributed by atoms with Crippen molar-refractivity contribution in [1.82, 2.24) is 0 Å². The third-order valence-corrected chi connectivity index (χ3v) is 2.12. The molecule has 1 heterocycles. The first-order chi connectivity index (χ1) is 7.43. The maximum atomic E-state index is 11.3. The van der Waals surface area contributed by atoms with Crippen LogP contribution in [0.2, 0.25) is 0 Å². The molecule has 0 radical (unpaired) electrons. The highest BCUT2D eigenvalue weighted by molar-refractivity contribution is 5.95. The van der Waals surface area contributed by atoms with E-state index in [1.54, 1.807) is 13.8 Å². The lowest BCUT2D eigenvalue weighted by molar-refractivity contribution is -0.197. The number of ether oxygens (including phenoxy) is 3. The van der Waals surface area contributed by atoms with Crippen molar-refractivity contribution < 1.29 is 23.8 Å². The predicted molar refractivity (Wildman–Crippen MR) is 55.5 cm³/mol. The first-order valence-corrected chi connectivity index (χ1v) is 5.46. The van der Waals surface area contributed by atoms with Crippen molar-refractivity contribution in [3.05, 3.63) is 0 Å². The SMILES string of the molecule is CCCC(=O)CC(=O)O[C@H]1COC(C)(C)O1. The van der Waals surface area contributed by atoms with E-state index in [0.29, 0.717) is 6.42 Å². The third kappa shape index (κ3) is 4.28. The zero-order valence-electron chi connectivity index (χ0n) is 9.95. The van der Waals surface area contributed by atoms with Crippen LogP contribution < -0.4 is 0 Å². The molecule has 5 heteroatoms. The molecule has 0 aromatic carbocycles. The van der Waals surface area contributed by atoms with E-state index >= 15 is 0 Å². The van der Waals surface area contributed by atoms with Gasteiger partial charge in [0.05, 0.1) is 0 Å². The molecular weight excluding hydrogens is 212 g/mol. The molecule has 1 atom stereocenters. The number of ketones is 1. The van der Waals surface area contributed by atoms with Crippen molar-refractivity contribution in [3.8, 4) is 0 Å². The highest BCUT2D eigenvalue weighted by atomic mass is 16.8. The maximum absolute atomic E-state index is 11.3. The lowest BCUT2D eigenvalue weighted by atomic mass is 10.2. The molecule has 0 N–H and O–H groups in total. The Bertz CT molecular complexity index is 272. The first kappa shape index (κ1) is 13.1. The summed E-state index contributed by atoms with van der Waals surface area (Å²) in [5.41, 5.74) is 0. The van der Waals surface area contributed by atoms with Crippen LogP contribution in [0.4, 0.5) is 0 Å². The summed E-state index contributed by atoms with van der Waals surface area (Å²) in [5, 5.41) is 0. The Morgan fingerprint density at radius 2 is 2.12 bits per heavy atom. The lowest BCUT2D eigenvalue weighted by Gasteiger charge is -2.16. The molecule has 0 saturated carbocycles. The standard InChI is InChI=1S/C11H18O5/c1-4-5-8(12)6-9(13)15-10-7-14-11(2,3)16-10/h10H,4-7H2,1-3H3/t10-/m1/s1. The van der Waals surface area contributed by atoms with Gasteiger partial charge in [-0.05, 0) is 20.3 Å². The van der Waals surface area contributed by atoms with Gasteiger partial charge in [-0.3, -0.25) is 9.59 Å². The normalized spacial score (nSPS) is 23.1. The second-order valence-electron chi connectivity index (χ2n) is 4.21. The topological polar surface area (TPSA) is 61.8 Å². The van der Waals surface area contributed by atoms with Gasteiger partial charge in [-0.15, -0.1) is 0 Å². The summed E-state index contributed by atoms with van der Waals surface area (Å²) in [5.74, 6) is -1.38. The Balaban J connectivity index is 2.28. The molecule has 0 unspecified atom stereocenters. The summed E-state index contributed by atoms with van der Waals surface area (Å²) in [6, 6.07) is 0. The number of hydrogen-bond acceptors (Lipinski definition) is 5. The minimum atomic E-state index is -0.724. The van der Waals surface area contributed by atoms with E-state index in [4.69, 9.17) is 14.2 Å². The highest BCUT2D eigenvalue weighted by Crippen LogP contribution is 2.23. The third-order valence-electron chi connectivity index (χ3n) is 2.12. The van der Waals surface area contributed by atoms with Crippen LogP contribution >= 0.6 is 0 Å². The van der Waals surface area contributed by atoms with Crippen LogP contribution in [0.15, 0.2) is 0 Å². The molecule has 0 bridgehead atoms. The van der Waals surface area contributed by atoms with Crippen LogP contribution in [0, 0.1) is 0 Å². The van der Waals surface area contributed by atoms with Gasteiger partial charge in [-0.1, -0.05) is 6.92 Å². The molecule has 16 heavy (non-hydrogen) atoms. The summed E-state index contributed by atoms with van der Waals surface area (Å²) in [7, 11) is 0. The van der Waals surface area contributed by atoms with E-state index < -0.39 is 18.0 Å². The average molecular weight is 230 g/mol. The Morgan fingerprint density at radius 1 is 1.44 bits per heavy atom. The maximum Gasteiger partial charge on any atom is 0.315 e. The number of esters is 1. The number of rotatable bonds is 5. The zero-order chi connectivity index (χ0) is 12.2. The van der Waals surface area contributed by atoms with E-state index in [2.05, 4.69) is 0 Å². The van der Waals surface area contributed by atoms with Crippen molar-refractivity contribution in [3.63, 3.8) is 0 Å². The number of hydrogen-bond donors (Lipinski definition) is 0. The zero-order valence-corrected chi connectivity index (χ0v) is 9.95. The molecule has 1 rings (SSSR count). The van der Waals surface area contributed by atoms with Gasteiger partial charge in [0.1, 0.15) is 18.8 Å². The molecular formula is C11H18O5. The molecule has 0 aliphatic carbocycles. The Kier molecular flexibility index (Phi) is 4.44. The Labute approximate surface area is 95.0 Å².